The number of phosphoric acid groups is 1. The molecule has 1 amide bonds. The van der Waals surface area contributed by atoms with E-state index in [1.54, 1.807) is 6.08 Å². The minimum absolute atomic E-state index is 0.0465. The molecule has 0 aliphatic carbocycles. The predicted molar refractivity (Wildman–Crippen MR) is 308 cm³/mol. The van der Waals surface area contributed by atoms with E-state index >= 15 is 0 Å². The molecule has 0 bridgehead atoms. The number of aliphatic hydroxyl groups excluding tert-OH is 1. The van der Waals surface area contributed by atoms with E-state index in [4.69, 9.17) is 9.05 Å². The van der Waals surface area contributed by atoms with E-state index in [0.717, 1.165) is 109 Å². The van der Waals surface area contributed by atoms with Gasteiger partial charge in [0.15, 0.2) is 0 Å². The Bertz CT molecular complexity index is 1660. The summed E-state index contributed by atoms with van der Waals surface area (Å²) in [6.45, 7) is 4.63. The number of carbonyl (C=O) groups is 1. The van der Waals surface area contributed by atoms with Gasteiger partial charge in [-0.15, -0.1) is 0 Å². The lowest BCUT2D eigenvalue weighted by Crippen LogP contribution is -2.45. The molecule has 0 aliphatic heterocycles. The van der Waals surface area contributed by atoms with E-state index in [2.05, 4.69) is 153 Å². The van der Waals surface area contributed by atoms with Crippen molar-refractivity contribution in [3.63, 3.8) is 0 Å². The fraction of sp³-hybridized carbons (Fsp3) is 0.597. The Balaban J connectivity index is 4.25. The second kappa shape index (κ2) is 51.3. The maximum absolute atomic E-state index is 12.9. The van der Waals surface area contributed by atoms with Crippen molar-refractivity contribution in [3.05, 3.63) is 146 Å². The Hall–Kier alpha value is -3.62. The summed E-state index contributed by atoms with van der Waals surface area (Å²) >= 11 is 0. The molecule has 3 N–H and O–H groups in total. The number of amides is 1. The number of likely N-dealkylation sites (N-methyl/N-ethyl adjacent to an activating group) is 1. The summed E-state index contributed by atoms with van der Waals surface area (Å²) in [6.07, 6.45) is 79.5. The van der Waals surface area contributed by atoms with Gasteiger partial charge in [-0.1, -0.05) is 224 Å². The first-order valence-corrected chi connectivity index (χ1v) is 29.2. The smallest absolute Gasteiger partial charge is 0.387 e. The highest BCUT2D eigenvalue weighted by Gasteiger charge is 2.27. The van der Waals surface area contributed by atoms with Crippen LogP contribution in [0.4, 0.5) is 0 Å². The van der Waals surface area contributed by atoms with Gasteiger partial charge in [0.2, 0.25) is 5.91 Å². The quantitative estimate of drug-likeness (QED) is 0.0243. The topological polar surface area (TPSA) is 105 Å². The maximum atomic E-state index is 12.9. The van der Waals surface area contributed by atoms with E-state index in [1.807, 2.05) is 27.2 Å². The van der Waals surface area contributed by atoms with Gasteiger partial charge in [0.25, 0.3) is 0 Å². The van der Waals surface area contributed by atoms with Crippen LogP contribution >= 0.6 is 7.82 Å². The molecule has 0 aromatic rings. The van der Waals surface area contributed by atoms with Crippen LogP contribution in [0.15, 0.2) is 146 Å². The van der Waals surface area contributed by atoms with Gasteiger partial charge < -0.3 is 19.8 Å². The zero-order valence-corrected chi connectivity index (χ0v) is 46.5. The van der Waals surface area contributed by atoms with Crippen molar-refractivity contribution in [1.82, 2.24) is 5.32 Å². The molecule has 3 unspecified atom stereocenters. The van der Waals surface area contributed by atoms with Crippen molar-refractivity contribution in [1.29, 1.82) is 0 Å². The predicted octanol–water partition coefficient (Wildman–Crippen LogP) is 16.9. The molecular formula is C62H104N2O6P+. The molecule has 0 aromatic carbocycles. The summed E-state index contributed by atoms with van der Waals surface area (Å²) in [7, 11) is 1.52. The SMILES string of the molecule is CC/C=C\C/C=C\C/C=C\C/C=C\C/C=C\C/C=C\C/C=C\C/C=C\C/C=C\C/C=C\C/C=C\CCCCCC(=O)NC(COP(=O)(O)OCC[N+](C)(C)C)C(O)/C=C/CCCCCCCCCCCC. The third kappa shape index (κ3) is 54.0. The van der Waals surface area contributed by atoms with E-state index in [1.165, 1.54) is 51.4 Å². The summed E-state index contributed by atoms with van der Waals surface area (Å²) in [5.74, 6) is -0.217. The molecular weight excluding hydrogens is 900 g/mol. The standard InChI is InChI=1S/C62H103N2O6P/c1-6-8-10-12-14-16-18-20-21-22-23-24-25-26-27-28-29-30-31-32-33-34-35-36-37-38-39-40-41-42-43-44-46-48-50-52-54-56-62(66)63-60(59-70-71(67,68)69-58-57-64(3,4)5)61(65)55-53-51-49-47-45-19-17-15-13-11-9-7-2/h8,10,14,16,20-21,23-24,26-27,29-30,32-33,35-36,38-39,41-42,44,46,53,55,60-61,65H,6-7,9,11-13,15,17-19,22,25,28,31,34,37,40,43,45,47-52,54,56-59H2,1-5H3,(H-,63,66,67,68)/p+1/b10-8-,16-14-,21-20-,24-23-,27-26-,30-29-,33-32-,36-35-,39-38-,42-41-,46-44-,55-53+. The molecule has 0 rings (SSSR count). The third-order valence-corrected chi connectivity index (χ3v) is 12.3. The van der Waals surface area contributed by atoms with Gasteiger partial charge in [0.05, 0.1) is 39.9 Å². The van der Waals surface area contributed by atoms with Crippen LogP contribution in [0, 0.1) is 0 Å². The molecule has 8 nitrogen and oxygen atoms in total. The van der Waals surface area contributed by atoms with Crippen molar-refractivity contribution in [2.24, 2.45) is 0 Å². The monoisotopic (exact) mass is 1000 g/mol. The Kier molecular flexibility index (Phi) is 48.7. The first-order chi connectivity index (χ1) is 34.5. The summed E-state index contributed by atoms with van der Waals surface area (Å²) in [5, 5.41) is 13.8. The molecule has 9 heteroatoms. The Morgan fingerprint density at radius 3 is 1.24 bits per heavy atom. The number of quaternary nitrogens is 1. The van der Waals surface area contributed by atoms with Gasteiger partial charge >= 0.3 is 7.82 Å². The number of hydrogen-bond donors (Lipinski definition) is 3. The van der Waals surface area contributed by atoms with Crippen molar-refractivity contribution in [3.8, 4) is 0 Å². The number of phosphoric ester groups is 1. The van der Waals surface area contributed by atoms with E-state index in [0.29, 0.717) is 23.9 Å². The van der Waals surface area contributed by atoms with E-state index < -0.39 is 20.0 Å². The van der Waals surface area contributed by atoms with Crippen LogP contribution < -0.4 is 5.32 Å². The highest BCUT2D eigenvalue weighted by atomic mass is 31.2. The van der Waals surface area contributed by atoms with Crippen molar-refractivity contribution in [2.75, 3.05) is 40.9 Å². The summed E-state index contributed by atoms with van der Waals surface area (Å²) in [6, 6.07) is -0.874. The maximum Gasteiger partial charge on any atom is 0.472 e. The normalized spacial score (nSPS) is 15.1. The van der Waals surface area contributed by atoms with Crippen LogP contribution in [0.1, 0.15) is 187 Å². The average molecular weight is 1000 g/mol. The molecule has 0 radical (unpaired) electrons. The summed E-state index contributed by atoms with van der Waals surface area (Å²) < 4.78 is 23.6. The van der Waals surface area contributed by atoms with Crippen molar-refractivity contribution < 1.29 is 32.9 Å². The van der Waals surface area contributed by atoms with Gasteiger partial charge in [-0.05, 0) is 103 Å². The average Bonchev–Trinajstić information content (AvgIpc) is 3.33. The van der Waals surface area contributed by atoms with Crippen molar-refractivity contribution in [2.45, 2.75) is 199 Å². The highest BCUT2D eigenvalue weighted by molar-refractivity contribution is 7.47. The number of carbonyl (C=O) groups excluding carboxylic acids is 1. The van der Waals surface area contributed by atoms with Gasteiger partial charge in [0, 0.05) is 6.42 Å². The summed E-state index contributed by atoms with van der Waals surface area (Å²) in [5.41, 5.74) is 0. The molecule has 0 fully saturated rings. The minimum atomic E-state index is -4.36. The fourth-order valence-electron chi connectivity index (χ4n) is 6.99. The second-order valence-corrected chi connectivity index (χ2v) is 20.7. The number of nitrogens with zero attached hydrogens (tertiary/aromatic N) is 1. The first kappa shape index (κ1) is 67.4. The minimum Gasteiger partial charge on any atom is -0.387 e. The molecule has 0 aliphatic rings. The van der Waals surface area contributed by atoms with Crippen molar-refractivity contribution >= 4 is 13.7 Å². The Labute approximate surface area is 436 Å². The highest BCUT2D eigenvalue weighted by Crippen LogP contribution is 2.43. The molecule has 3 atom stereocenters. The number of nitrogens with one attached hydrogen (secondary N) is 1. The summed E-state index contributed by atoms with van der Waals surface area (Å²) in [4.78, 5) is 23.2. The molecule has 0 saturated carbocycles. The number of rotatable bonds is 48. The van der Waals surface area contributed by atoms with Gasteiger partial charge in [-0.25, -0.2) is 4.57 Å². The second-order valence-electron chi connectivity index (χ2n) is 19.2. The first-order valence-electron chi connectivity index (χ1n) is 27.7. The van der Waals surface area contributed by atoms with Crippen LogP contribution in [-0.2, 0) is 18.4 Å². The van der Waals surface area contributed by atoms with Crippen LogP contribution in [0.3, 0.4) is 0 Å². The molecule has 402 valence electrons. The molecule has 0 saturated heterocycles. The lowest BCUT2D eigenvalue weighted by atomic mass is 10.1. The van der Waals surface area contributed by atoms with Gasteiger partial charge in [-0.2, -0.15) is 0 Å². The molecule has 71 heavy (non-hydrogen) atoms. The van der Waals surface area contributed by atoms with E-state index in [-0.39, 0.29) is 19.1 Å². The Morgan fingerprint density at radius 2 is 0.845 bits per heavy atom. The van der Waals surface area contributed by atoms with Crippen LogP contribution in [0.5, 0.6) is 0 Å². The number of unbranched alkanes of at least 4 members (excludes halogenated alkanes) is 13. The Morgan fingerprint density at radius 1 is 0.493 bits per heavy atom. The molecule has 0 heterocycles. The van der Waals surface area contributed by atoms with E-state index in [9.17, 15) is 19.4 Å². The van der Waals surface area contributed by atoms with Gasteiger partial charge in [-0.3, -0.25) is 13.8 Å². The molecule has 0 aromatic heterocycles. The lowest BCUT2D eigenvalue weighted by Gasteiger charge is -2.25. The zero-order valence-electron chi connectivity index (χ0n) is 45.6. The van der Waals surface area contributed by atoms with Gasteiger partial charge in [0.1, 0.15) is 13.2 Å². The van der Waals surface area contributed by atoms with Crippen LogP contribution in [-0.4, -0.2) is 73.4 Å². The lowest BCUT2D eigenvalue weighted by molar-refractivity contribution is -0.870. The largest absolute Gasteiger partial charge is 0.472 e. The van der Waals surface area contributed by atoms with Crippen LogP contribution in [0.2, 0.25) is 0 Å². The van der Waals surface area contributed by atoms with Crippen LogP contribution in [0.25, 0.3) is 0 Å². The molecule has 0 spiro atoms. The fourth-order valence-corrected chi connectivity index (χ4v) is 7.72. The third-order valence-electron chi connectivity index (χ3n) is 11.3. The number of allylic oxidation sites excluding steroid dienone is 23. The number of hydrogen-bond acceptors (Lipinski definition) is 5. The zero-order chi connectivity index (χ0) is 52.0. The number of aliphatic hydroxyl groups is 1.